The van der Waals surface area contributed by atoms with Crippen molar-refractivity contribution < 1.29 is 33.0 Å². The minimum atomic E-state index is -1.51. The number of aromatic nitrogens is 1. The molecule has 0 fully saturated rings. The van der Waals surface area contributed by atoms with Gasteiger partial charge >= 0.3 is 6.16 Å². The van der Waals surface area contributed by atoms with E-state index in [0.717, 1.165) is 23.5 Å². The third-order valence-electron chi connectivity index (χ3n) is 2.96. The van der Waals surface area contributed by atoms with Crippen molar-refractivity contribution >= 4 is 28.5 Å². The molecule has 2 N–H and O–H groups in total. The smallest absolute Gasteiger partial charge is 0.475 e. The minimum Gasteiger partial charge on any atom is -0.475 e. The molecule has 1 heterocycles. The molecule has 0 radical (unpaired) electrons. The van der Waals surface area contributed by atoms with Crippen LogP contribution in [0.2, 0.25) is 0 Å². The molecule has 0 unspecified atom stereocenters. The SMILES string of the molecule is Cc1nc(NC(=O)C(C)(C)Oc2ccc(F)cc2F)sc1OC(=O)O. The minimum absolute atomic E-state index is 0.0195. The molecule has 10 heteroatoms. The number of hydrogen-bond donors (Lipinski definition) is 2. The second-order valence-corrected chi connectivity index (χ2v) is 6.36. The van der Waals surface area contributed by atoms with Crippen LogP contribution in [0.25, 0.3) is 0 Å². The van der Waals surface area contributed by atoms with E-state index in [0.29, 0.717) is 6.07 Å². The van der Waals surface area contributed by atoms with Crippen molar-refractivity contribution in [3.8, 4) is 10.8 Å². The van der Waals surface area contributed by atoms with Crippen LogP contribution in [0, 0.1) is 18.6 Å². The first-order valence-corrected chi connectivity index (χ1v) is 7.74. The van der Waals surface area contributed by atoms with Crippen LogP contribution in [0.1, 0.15) is 19.5 Å². The normalized spacial score (nSPS) is 11.1. The number of carbonyl (C=O) groups excluding carboxylic acids is 1. The van der Waals surface area contributed by atoms with Crippen molar-refractivity contribution in [1.29, 1.82) is 0 Å². The maximum absolute atomic E-state index is 13.7. The van der Waals surface area contributed by atoms with E-state index < -0.39 is 29.3 Å². The van der Waals surface area contributed by atoms with Crippen LogP contribution in [0.3, 0.4) is 0 Å². The molecule has 0 aliphatic rings. The van der Waals surface area contributed by atoms with Crippen LogP contribution >= 0.6 is 11.3 Å². The van der Waals surface area contributed by atoms with E-state index in [1.807, 2.05) is 0 Å². The Balaban J connectivity index is 2.12. The van der Waals surface area contributed by atoms with Gasteiger partial charge < -0.3 is 14.6 Å². The summed E-state index contributed by atoms with van der Waals surface area (Å²) in [7, 11) is 0. The van der Waals surface area contributed by atoms with Crippen LogP contribution in [0.5, 0.6) is 10.8 Å². The number of thiazole rings is 1. The molecule has 0 saturated carbocycles. The summed E-state index contributed by atoms with van der Waals surface area (Å²) in [5.74, 6) is -2.65. The molecule has 0 aliphatic carbocycles. The zero-order chi connectivity index (χ0) is 18.8. The molecule has 7 nitrogen and oxygen atoms in total. The number of nitrogens with one attached hydrogen (secondary N) is 1. The fraction of sp³-hybridized carbons (Fsp3) is 0.267. The van der Waals surface area contributed by atoms with Gasteiger partial charge in [0.25, 0.3) is 5.91 Å². The molecule has 0 atom stereocenters. The van der Waals surface area contributed by atoms with Crippen molar-refractivity contribution in [3.05, 3.63) is 35.5 Å². The van der Waals surface area contributed by atoms with Gasteiger partial charge in [0, 0.05) is 6.07 Å². The fourth-order valence-electron chi connectivity index (χ4n) is 1.74. The van der Waals surface area contributed by atoms with Crippen LogP contribution in [-0.2, 0) is 4.79 Å². The number of benzene rings is 1. The lowest BCUT2D eigenvalue weighted by Gasteiger charge is -2.24. The summed E-state index contributed by atoms with van der Waals surface area (Å²) in [6.07, 6.45) is -1.50. The van der Waals surface area contributed by atoms with Gasteiger partial charge in [-0.2, -0.15) is 0 Å². The van der Waals surface area contributed by atoms with Crippen LogP contribution in [0.4, 0.5) is 18.7 Å². The van der Waals surface area contributed by atoms with Gasteiger partial charge in [0.1, 0.15) is 5.82 Å². The summed E-state index contributed by atoms with van der Waals surface area (Å²) in [5, 5.41) is 11.2. The molecule has 0 bridgehead atoms. The lowest BCUT2D eigenvalue weighted by molar-refractivity contribution is -0.128. The fourth-order valence-corrected chi connectivity index (χ4v) is 2.54. The van der Waals surface area contributed by atoms with Gasteiger partial charge in [-0.15, -0.1) is 0 Å². The van der Waals surface area contributed by atoms with Gasteiger partial charge in [-0.05, 0) is 32.9 Å². The van der Waals surface area contributed by atoms with E-state index in [4.69, 9.17) is 9.84 Å². The summed E-state index contributed by atoms with van der Waals surface area (Å²) >= 11 is 0.818. The zero-order valence-corrected chi connectivity index (χ0v) is 14.2. The summed E-state index contributed by atoms with van der Waals surface area (Å²) < 4.78 is 36.4. The molecule has 1 amide bonds. The number of amides is 1. The number of hydrogen-bond acceptors (Lipinski definition) is 6. The van der Waals surface area contributed by atoms with Gasteiger partial charge in [-0.25, -0.2) is 18.6 Å². The third-order valence-corrected chi connectivity index (χ3v) is 3.91. The number of carbonyl (C=O) groups is 2. The predicted octanol–water partition coefficient (Wildman–Crippen LogP) is 3.58. The van der Waals surface area contributed by atoms with E-state index in [9.17, 15) is 18.4 Å². The lowest BCUT2D eigenvalue weighted by Crippen LogP contribution is -2.42. The van der Waals surface area contributed by atoms with E-state index in [1.54, 1.807) is 0 Å². The predicted molar refractivity (Wildman–Crippen MR) is 85.2 cm³/mol. The van der Waals surface area contributed by atoms with E-state index >= 15 is 0 Å². The number of nitrogens with zero attached hydrogens (tertiary/aromatic N) is 1. The molecule has 134 valence electrons. The number of aryl methyl sites for hydroxylation is 1. The van der Waals surface area contributed by atoms with Gasteiger partial charge in [0.05, 0.1) is 5.69 Å². The monoisotopic (exact) mass is 372 g/mol. The van der Waals surface area contributed by atoms with Crippen molar-refractivity contribution in [1.82, 2.24) is 4.98 Å². The quantitative estimate of drug-likeness (QED) is 0.779. The Bertz CT molecular complexity index is 822. The highest BCUT2D eigenvalue weighted by Crippen LogP contribution is 2.31. The van der Waals surface area contributed by atoms with Crippen molar-refractivity contribution in [2.75, 3.05) is 5.32 Å². The standard InChI is InChI=1S/C15H14F2N2O5S/c1-7-11(23-14(21)22)25-13(18-7)19-12(20)15(2,3)24-10-5-4-8(16)6-9(10)17/h4-6H,1-3H3,(H,21,22)(H,18,19,20). The third kappa shape index (κ3) is 4.63. The average Bonchev–Trinajstić information content (AvgIpc) is 2.81. The van der Waals surface area contributed by atoms with E-state index in [1.165, 1.54) is 20.8 Å². The molecular formula is C15H14F2N2O5S. The van der Waals surface area contributed by atoms with Crippen LogP contribution < -0.4 is 14.8 Å². The van der Waals surface area contributed by atoms with Crippen molar-refractivity contribution in [2.24, 2.45) is 0 Å². The summed E-state index contributed by atoms with van der Waals surface area (Å²) in [5.41, 5.74) is -1.22. The molecule has 0 saturated heterocycles. The Labute approximate surface area is 145 Å². The first-order valence-electron chi connectivity index (χ1n) is 6.92. The number of halogens is 2. The van der Waals surface area contributed by atoms with Crippen LogP contribution in [-0.4, -0.2) is 27.8 Å². The second kappa shape index (κ2) is 7.01. The molecule has 0 spiro atoms. The Morgan fingerprint density at radius 2 is 2.00 bits per heavy atom. The summed E-state index contributed by atoms with van der Waals surface area (Å²) in [6.45, 7) is 4.29. The second-order valence-electron chi connectivity index (χ2n) is 5.40. The first kappa shape index (κ1) is 18.6. The Morgan fingerprint density at radius 3 is 2.60 bits per heavy atom. The van der Waals surface area contributed by atoms with Crippen LogP contribution in [0.15, 0.2) is 18.2 Å². The Hall–Kier alpha value is -2.75. The van der Waals surface area contributed by atoms with Gasteiger partial charge in [-0.3, -0.25) is 10.1 Å². The Kier molecular flexibility index (Phi) is 5.21. The molecule has 2 rings (SSSR count). The van der Waals surface area contributed by atoms with Gasteiger partial charge in [-0.1, -0.05) is 11.3 Å². The van der Waals surface area contributed by atoms with Crippen molar-refractivity contribution in [3.63, 3.8) is 0 Å². The summed E-state index contributed by atoms with van der Waals surface area (Å²) in [6, 6.07) is 2.72. The topological polar surface area (TPSA) is 97.8 Å². The van der Waals surface area contributed by atoms with E-state index in [-0.39, 0.29) is 21.6 Å². The Morgan fingerprint density at radius 1 is 1.32 bits per heavy atom. The molecule has 2 aromatic rings. The average molecular weight is 372 g/mol. The molecule has 1 aromatic carbocycles. The number of carboxylic acid groups (broad SMARTS) is 1. The molecule has 0 aliphatic heterocycles. The number of anilines is 1. The highest BCUT2D eigenvalue weighted by Gasteiger charge is 2.32. The highest BCUT2D eigenvalue weighted by atomic mass is 32.1. The van der Waals surface area contributed by atoms with Gasteiger partial charge in [0.15, 0.2) is 22.3 Å². The zero-order valence-electron chi connectivity index (χ0n) is 13.4. The van der Waals surface area contributed by atoms with E-state index in [2.05, 4.69) is 15.0 Å². The molecule has 25 heavy (non-hydrogen) atoms. The first-order chi connectivity index (χ1) is 11.6. The number of rotatable bonds is 5. The molecular weight excluding hydrogens is 358 g/mol. The largest absolute Gasteiger partial charge is 0.512 e. The summed E-state index contributed by atoms with van der Waals surface area (Å²) in [4.78, 5) is 26.9. The van der Waals surface area contributed by atoms with Crippen molar-refractivity contribution in [2.45, 2.75) is 26.4 Å². The van der Waals surface area contributed by atoms with Gasteiger partial charge in [0.2, 0.25) is 5.06 Å². The number of ether oxygens (including phenoxy) is 2. The highest BCUT2D eigenvalue weighted by molar-refractivity contribution is 7.17. The maximum atomic E-state index is 13.7. The lowest BCUT2D eigenvalue weighted by atomic mass is 10.1. The maximum Gasteiger partial charge on any atom is 0.512 e. The molecule has 1 aromatic heterocycles.